The third kappa shape index (κ3) is 3.54. The van der Waals surface area contributed by atoms with Crippen LogP contribution in [0.2, 0.25) is 0 Å². The van der Waals surface area contributed by atoms with Crippen LogP contribution in [-0.4, -0.2) is 20.8 Å². The molecule has 0 spiro atoms. The van der Waals surface area contributed by atoms with E-state index in [1.807, 2.05) is 0 Å². The molecule has 0 aliphatic heterocycles. The van der Waals surface area contributed by atoms with Gasteiger partial charge in [-0.1, -0.05) is 12.8 Å². The van der Waals surface area contributed by atoms with Gasteiger partial charge in [-0.05, 0) is 57.0 Å². The number of amides is 1. The second-order valence-electron chi connectivity index (χ2n) is 7.64. The van der Waals surface area contributed by atoms with E-state index in [9.17, 15) is 9.90 Å². The van der Waals surface area contributed by atoms with E-state index >= 15 is 0 Å². The van der Waals surface area contributed by atoms with Crippen molar-refractivity contribution >= 4 is 11.6 Å². The van der Waals surface area contributed by atoms with Gasteiger partial charge in [-0.2, -0.15) is 5.10 Å². The predicted octanol–water partition coefficient (Wildman–Crippen LogP) is 5.34. The van der Waals surface area contributed by atoms with Crippen LogP contribution in [0.5, 0.6) is 5.75 Å². The van der Waals surface area contributed by atoms with E-state index < -0.39 is 0 Å². The second-order valence-corrected chi connectivity index (χ2v) is 7.64. The van der Waals surface area contributed by atoms with Crippen LogP contribution >= 0.6 is 0 Å². The molecule has 3 aromatic rings. The molecule has 2 N–H and O–H groups in total. The number of phenols is 1. The highest BCUT2D eigenvalue weighted by atomic mass is 16.3. The Bertz CT molecular complexity index is 967. The van der Waals surface area contributed by atoms with Crippen molar-refractivity contribution in [1.82, 2.24) is 9.78 Å². The number of nitrogens with one attached hydrogen (secondary N) is 1. The smallest absolute Gasteiger partial charge is 0.291 e. The summed E-state index contributed by atoms with van der Waals surface area (Å²) >= 11 is 0. The zero-order valence-corrected chi connectivity index (χ0v) is 16.2. The third-order valence-electron chi connectivity index (χ3n) is 5.30. The summed E-state index contributed by atoms with van der Waals surface area (Å²) in [5.74, 6) is 0.492. The molecule has 1 aliphatic rings. The molecule has 6 nitrogen and oxygen atoms in total. The van der Waals surface area contributed by atoms with E-state index in [2.05, 4.69) is 29.9 Å². The van der Waals surface area contributed by atoms with Crippen LogP contribution in [0, 0.1) is 0 Å². The average molecular weight is 379 g/mol. The summed E-state index contributed by atoms with van der Waals surface area (Å²) in [4.78, 5) is 12.1. The van der Waals surface area contributed by atoms with E-state index in [1.54, 1.807) is 30.3 Å². The SMILES string of the molecule is CC(C)n1nc(-c2ccc(NC(=O)c3ccco3)cc2O)cc1C1CCCC1. The summed E-state index contributed by atoms with van der Waals surface area (Å²) in [6.07, 6.45) is 6.36. The zero-order valence-electron chi connectivity index (χ0n) is 16.2. The topological polar surface area (TPSA) is 80.3 Å². The van der Waals surface area contributed by atoms with Gasteiger partial charge in [-0.3, -0.25) is 9.48 Å². The van der Waals surface area contributed by atoms with E-state index in [-0.39, 0.29) is 23.5 Å². The Hall–Kier alpha value is -3.02. The minimum absolute atomic E-state index is 0.0867. The maximum absolute atomic E-state index is 12.1. The fourth-order valence-electron chi connectivity index (χ4n) is 3.91. The fourth-order valence-corrected chi connectivity index (χ4v) is 3.91. The van der Waals surface area contributed by atoms with Crippen LogP contribution in [0.25, 0.3) is 11.3 Å². The van der Waals surface area contributed by atoms with Gasteiger partial charge in [-0.15, -0.1) is 0 Å². The molecule has 0 radical (unpaired) electrons. The molecule has 2 aromatic heterocycles. The maximum Gasteiger partial charge on any atom is 0.291 e. The molecule has 1 aromatic carbocycles. The number of carbonyl (C=O) groups is 1. The number of hydrogen-bond acceptors (Lipinski definition) is 4. The Labute approximate surface area is 164 Å². The number of aromatic hydroxyl groups is 1. The molecule has 0 bridgehead atoms. The Morgan fingerprint density at radius 1 is 1.25 bits per heavy atom. The van der Waals surface area contributed by atoms with Crippen LogP contribution in [0.4, 0.5) is 5.69 Å². The van der Waals surface area contributed by atoms with Crippen molar-refractivity contribution < 1.29 is 14.3 Å². The number of anilines is 1. The van der Waals surface area contributed by atoms with E-state index in [4.69, 9.17) is 9.52 Å². The lowest BCUT2D eigenvalue weighted by Crippen LogP contribution is -2.10. The lowest BCUT2D eigenvalue weighted by atomic mass is 10.0. The maximum atomic E-state index is 12.1. The van der Waals surface area contributed by atoms with Gasteiger partial charge in [0, 0.05) is 35.0 Å². The molecule has 4 rings (SSSR count). The quantitative estimate of drug-likeness (QED) is 0.627. The minimum atomic E-state index is -0.357. The van der Waals surface area contributed by atoms with Crippen LogP contribution < -0.4 is 5.32 Å². The number of phenolic OH excluding ortho intramolecular Hbond substituents is 1. The number of benzene rings is 1. The van der Waals surface area contributed by atoms with E-state index in [0.717, 1.165) is 5.69 Å². The molecule has 1 aliphatic carbocycles. The highest BCUT2D eigenvalue weighted by molar-refractivity contribution is 6.02. The summed E-state index contributed by atoms with van der Waals surface area (Å²) in [7, 11) is 0. The number of carbonyl (C=O) groups excluding carboxylic acids is 1. The molecule has 6 heteroatoms. The third-order valence-corrected chi connectivity index (χ3v) is 5.30. The predicted molar refractivity (Wildman–Crippen MR) is 108 cm³/mol. The molecule has 2 heterocycles. The number of rotatable bonds is 5. The number of aromatic nitrogens is 2. The van der Waals surface area contributed by atoms with Gasteiger partial charge in [0.25, 0.3) is 5.91 Å². The molecule has 1 saturated carbocycles. The van der Waals surface area contributed by atoms with Crippen molar-refractivity contribution in [2.45, 2.75) is 51.5 Å². The molecular formula is C22H25N3O3. The largest absolute Gasteiger partial charge is 0.507 e. The van der Waals surface area contributed by atoms with Gasteiger partial charge < -0.3 is 14.8 Å². The first-order valence-corrected chi connectivity index (χ1v) is 9.80. The van der Waals surface area contributed by atoms with Crippen LogP contribution in [-0.2, 0) is 0 Å². The summed E-state index contributed by atoms with van der Waals surface area (Å²) in [5.41, 5.74) is 3.17. The van der Waals surface area contributed by atoms with Crippen molar-refractivity contribution in [3.63, 3.8) is 0 Å². The second kappa shape index (κ2) is 7.54. The fraction of sp³-hybridized carbons (Fsp3) is 0.364. The first-order valence-electron chi connectivity index (χ1n) is 9.80. The molecule has 0 saturated heterocycles. The Kier molecular flexibility index (Phi) is 4.94. The normalized spacial score (nSPS) is 14.7. The Morgan fingerprint density at radius 3 is 2.68 bits per heavy atom. The first-order chi connectivity index (χ1) is 13.5. The molecule has 146 valence electrons. The Balaban J connectivity index is 1.61. The standard InChI is InChI=1S/C22H25N3O3/c1-14(2)25-19(15-6-3-4-7-15)13-18(24-25)17-10-9-16(12-20(17)26)23-22(27)21-8-5-11-28-21/h5,8-15,26H,3-4,6-7H2,1-2H3,(H,23,27). The molecule has 1 amide bonds. The summed E-state index contributed by atoms with van der Waals surface area (Å²) in [6, 6.07) is 10.7. The summed E-state index contributed by atoms with van der Waals surface area (Å²) in [6.45, 7) is 4.25. The van der Waals surface area contributed by atoms with E-state index in [0.29, 0.717) is 17.2 Å². The summed E-state index contributed by atoms with van der Waals surface area (Å²) < 4.78 is 7.17. The van der Waals surface area contributed by atoms with Gasteiger partial charge in [0.05, 0.1) is 12.0 Å². The average Bonchev–Trinajstić information content (AvgIpc) is 3.41. The summed E-state index contributed by atoms with van der Waals surface area (Å²) in [5, 5.41) is 18.1. The van der Waals surface area contributed by atoms with Crippen molar-refractivity contribution in [2.24, 2.45) is 0 Å². The van der Waals surface area contributed by atoms with Crippen molar-refractivity contribution in [3.05, 3.63) is 54.1 Å². The number of hydrogen-bond donors (Lipinski definition) is 2. The van der Waals surface area contributed by atoms with Crippen molar-refractivity contribution in [3.8, 4) is 17.0 Å². The van der Waals surface area contributed by atoms with Gasteiger partial charge in [0.1, 0.15) is 5.75 Å². The molecule has 0 atom stereocenters. The van der Waals surface area contributed by atoms with Gasteiger partial charge in [0.15, 0.2) is 5.76 Å². The Morgan fingerprint density at radius 2 is 2.04 bits per heavy atom. The number of nitrogens with zero attached hydrogens (tertiary/aromatic N) is 2. The van der Waals surface area contributed by atoms with Gasteiger partial charge in [0.2, 0.25) is 0 Å². The van der Waals surface area contributed by atoms with Crippen LogP contribution in [0.15, 0.2) is 47.1 Å². The lowest BCUT2D eigenvalue weighted by molar-refractivity contribution is 0.0996. The van der Waals surface area contributed by atoms with Gasteiger partial charge in [-0.25, -0.2) is 0 Å². The monoisotopic (exact) mass is 379 g/mol. The molecular weight excluding hydrogens is 354 g/mol. The molecule has 1 fully saturated rings. The highest BCUT2D eigenvalue weighted by Gasteiger charge is 2.24. The number of furan rings is 1. The van der Waals surface area contributed by atoms with Gasteiger partial charge >= 0.3 is 0 Å². The van der Waals surface area contributed by atoms with Crippen LogP contribution in [0.1, 0.15) is 67.7 Å². The zero-order chi connectivity index (χ0) is 19.7. The highest BCUT2D eigenvalue weighted by Crippen LogP contribution is 2.38. The van der Waals surface area contributed by atoms with Crippen LogP contribution in [0.3, 0.4) is 0 Å². The minimum Gasteiger partial charge on any atom is -0.507 e. The lowest BCUT2D eigenvalue weighted by Gasteiger charge is -2.15. The molecule has 0 unspecified atom stereocenters. The molecule has 28 heavy (non-hydrogen) atoms. The van der Waals surface area contributed by atoms with Crippen molar-refractivity contribution in [1.29, 1.82) is 0 Å². The van der Waals surface area contributed by atoms with Crippen molar-refractivity contribution in [2.75, 3.05) is 5.32 Å². The van der Waals surface area contributed by atoms with E-state index in [1.165, 1.54) is 37.6 Å². The first kappa shape index (κ1) is 18.3.